The molecular formula is C27H33NO3. The van der Waals surface area contributed by atoms with Gasteiger partial charge in [0.05, 0.1) is 12.0 Å². The molecule has 4 nitrogen and oxygen atoms in total. The molecule has 0 spiro atoms. The number of nitrogens with zero attached hydrogens (tertiary/aromatic N) is 1. The highest BCUT2D eigenvalue weighted by molar-refractivity contribution is 5.83. The summed E-state index contributed by atoms with van der Waals surface area (Å²) in [5.41, 5.74) is 2.37. The molecule has 4 heteroatoms. The molecule has 2 heterocycles. The van der Waals surface area contributed by atoms with Gasteiger partial charge < -0.3 is 14.1 Å². The second-order valence-corrected chi connectivity index (χ2v) is 8.70. The van der Waals surface area contributed by atoms with Crippen molar-refractivity contribution in [1.29, 1.82) is 0 Å². The van der Waals surface area contributed by atoms with Gasteiger partial charge >= 0.3 is 0 Å². The van der Waals surface area contributed by atoms with E-state index in [-0.39, 0.29) is 5.43 Å². The molecule has 1 unspecified atom stereocenters. The number of benzene rings is 2. The van der Waals surface area contributed by atoms with Crippen LogP contribution in [0.2, 0.25) is 0 Å². The van der Waals surface area contributed by atoms with E-state index >= 15 is 0 Å². The SMILES string of the molecule is Cc1c(OCCCCCN2CCCCC2C)ccc2c(=O)cc(-c3ccccc3)oc12. The molecule has 0 amide bonds. The van der Waals surface area contributed by atoms with Crippen molar-refractivity contribution in [2.75, 3.05) is 19.7 Å². The van der Waals surface area contributed by atoms with Crippen LogP contribution in [0.5, 0.6) is 5.75 Å². The Hall–Kier alpha value is -2.59. The molecule has 4 rings (SSSR count). The molecule has 1 atom stereocenters. The van der Waals surface area contributed by atoms with Crippen LogP contribution in [0.3, 0.4) is 0 Å². The lowest BCUT2D eigenvalue weighted by Crippen LogP contribution is -2.37. The third-order valence-electron chi connectivity index (χ3n) is 6.44. The summed E-state index contributed by atoms with van der Waals surface area (Å²) >= 11 is 0. The van der Waals surface area contributed by atoms with Gasteiger partial charge in [-0.2, -0.15) is 0 Å². The van der Waals surface area contributed by atoms with Crippen LogP contribution in [0, 0.1) is 6.92 Å². The molecule has 0 aliphatic carbocycles. The van der Waals surface area contributed by atoms with Gasteiger partial charge in [0.2, 0.25) is 0 Å². The zero-order chi connectivity index (χ0) is 21.6. The Morgan fingerprint density at radius 2 is 1.90 bits per heavy atom. The molecule has 1 saturated heterocycles. The van der Waals surface area contributed by atoms with Crippen LogP contribution in [0.4, 0.5) is 0 Å². The van der Waals surface area contributed by atoms with E-state index in [1.165, 1.54) is 45.2 Å². The Balaban J connectivity index is 1.37. The van der Waals surface area contributed by atoms with Crippen molar-refractivity contribution in [3.8, 4) is 17.1 Å². The van der Waals surface area contributed by atoms with Crippen LogP contribution in [-0.4, -0.2) is 30.6 Å². The van der Waals surface area contributed by atoms with E-state index in [2.05, 4.69) is 11.8 Å². The first-order valence-electron chi connectivity index (χ1n) is 11.6. The summed E-state index contributed by atoms with van der Waals surface area (Å²) in [6.07, 6.45) is 7.49. The predicted octanol–water partition coefficient (Wildman–Crippen LogP) is 6.19. The summed E-state index contributed by atoms with van der Waals surface area (Å²) in [6.45, 7) is 7.46. The van der Waals surface area contributed by atoms with Gasteiger partial charge in [0.25, 0.3) is 0 Å². The maximum atomic E-state index is 12.6. The van der Waals surface area contributed by atoms with E-state index in [4.69, 9.17) is 9.15 Å². The van der Waals surface area contributed by atoms with Crippen LogP contribution >= 0.6 is 0 Å². The minimum atomic E-state index is -0.0262. The van der Waals surface area contributed by atoms with Gasteiger partial charge in [-0.05, 0) is 71.2 Å². The Kier molecular flexibility index (Phi) is 7.08. The summed E-state index contributed by atoms with van der Waals surface area (Å²) in [4.78, 5) is 15.2. The van der Waals surface area contributed by atoms with Crippen LogP contribution < -0.4 is 10.2 Å². The van der Waals surface area contributed by atoms with E-state index < -0.39 is 0 Å². The molecule has 1 aromatic heterocycles. The van der Waals surface area contributed by atoms with Gasteiger partial charge in [-0.3, -0.25) is 4.79 Å². The van der Waals surface area contributed by atoms with Gasteiger partial charge in [0, 0.05) is 23.2 Å². The number of piperidine rings is 1. The molecule has 1 fully saturated rings. The second kappa shape index (κ2) is 10.1. The summed E-state index contributed by atoms with van der Waals surface area (Å²) in [6, 6.07) is 15.8. The van der Waals surface area contributed by atoms with E-state index in [9.17, 15) is 4.79 Å². The number of unbranched alkanes of at least 4 members (excludes halogenated alkanes) is 2. The quantitative estimate of drug-likeness (QED) is 0.408. The van der Waals surface area contributed by atoms with Crippen molar-refractivity contribution in [3.05, 3.63) is 64.3 Å². The highest BCUT2D eigenvalue weighted by Crippen LogP contribution is 2.29. The summed E-state index contributed by atoms with van der Waals surface area (Å²) in [5, 5.41) is 0.597. The summed E-state index contributed by atoms with van der Waals surface area (Å²) < 4.78 is 12.2. The summed E-state index contributed by atoms with van der Waals surface area (Å²) in [7, 11) is 0. The van der Waals surface area contributed by atoms with Crippen LogP contribution in [-0.2, 0) is 0 Å². The molecule has 1 aliphatic rings. The van der Waals surface area contributed by atoms with Crippen molar-refractivity contribution >= 4 is 11.0 Å². The topological polar surface area (TPSA) is 42.7 Å². The van der Waals surface area contributed by atoms with Gasteiger partial charge in [-0.1, -0.05) is 36.8 Å². The number of ether oxygens (including phenoxy) is 1. The zero-order valence-corrected chi connectivity index (χ0v) is 18.7. The van der Waals surface area contributed by atoms with Crippen molar-refractivity contribution in [2.45, 2.75) is 58.4 Å². The number of hydrogen-bond acceptors (Lipinski definition) is 4. The molecular weight excluding hydrogens is 386 g/mol. The molecule has 0 bridgehead atoms. The smallest absolute Gasteiger partial charge is 0.193 e. The Bertz CT molecular complexity index is 1060. The van der Waals surface area contributed by atoms with E-state index in [1.54, 1.807) is 6.07 Å². The van der Waals surface area contributed by atoms with Gasteiger partial charge in [0.1, 0.15) is 17.1 Å². The molecule has 31 heavy (non-hydrogen) atoms. The number of hydrogen-bond donors (Lipinski definition) is 0. The maximum Gasteiger partial charge on any atom is 0.193 e. The Morgan fingerprint density at radius 1 is 1.06 bits per heavy atom. The van der Waals surface area contributed by atoms with Crippen molar-refractivity contribution in [3.63, 3.8) is 0 Å². The van der Waals surface area contributed by atoms with Crippen molar-refractivity contribution in [1.82, 2.24) is 4.90 Å². The van der Waals surface area contributed by atoms with E-state index in [0.717, 1.165) is 29.3 Å². The van der Waals surface area contributed by atoms with Crippen molar-refractivity contribution < 1.29 is 9.15 Å². The van der Waals surface area contributed by atoms with Crippen LogP contribution in [0.15, 0.2) is 57.7 Å². The standard InChI is InChI=1S/C27H33NO3/c1-20-11-7-9-17-28(20)16-8-4-10-18-30-25-15-14-23-24(29)19-26(31-27(23)21(25)2)22-12-5-3-6-13-22/h3,5-6,12-15,19-20H,4,7-11,16-18H2,1-2H3. The number of rotatable bonds is 8. The molecule has 0 N–H and O–H groups in total. The number of aryl methyl sites for hydroxylation is 1. The third-order valence-corrected chi connectivity index (χ3v) is 6.44. The maximum absolute atomic E-state index is 12.6. The summed E-state index contributed by atoms with van der Waals surface area (Å²) in [5.74, 6) is 1.39. The van der Waals surface area contributed by atoms with Gasteiger partial charge in [0.15, 0.2) is 5.43 Å². The molecule has 0 radical (unpaired) electrons. The van der Waals surface area contributed by atoms with E-state index in [0.29, 0.717) is 23.3 Å². The third kappa shape index (κ3) is 5.19. The fourth-order valence-electron chi connectivity index (χ4n) is 4.50. The average Bonchev–Trinajstić information content (AvgIpc) is 2.79. The lowest BCUT2D eigenvalue weighted by Gasteiger charge is -2.33. The fraction of sp³-hybridized carbons (Fsp3) is 0.444. The number of fused-ring (bicyclic) bond motifs is 1. The lowest BCUT2D eigenvalue weighted by molar-refractivity contribution is 0.156. The van der Waals surface area contributed by atoms with E-state index in [1.807, 2.05) is 49.4 Å². The lowest BCUT2D eigenvalue weighted by atomic mass is 10.0. The van der Waals surface area contributed by atoms with Gasteiger partial charge in [-0.15, -0.1) is 0 Å². The second-order valence-electron chi connectivity index (χ2n) is 8.70. The van der Waals surface area contributed by atoms with Crippen molar-refractivity contribution in [2.24, 2.45) is 0 Å². The molecule has 164 valence electrons. The van der Waals surface area contributed by atoms with Crippen LogP contribution in [0.1, 0.15) is 51.0 Å². The molecule has 3 aromatic rings. The molecule has 2 aromatic carbocycles. The monoisotopic (exact) mass is 419 g/mol. The highest BCUT2D eigenvalue weighted by atomic mass is 16.5. The first-order valence-corrected chi connectivity index (χ1v) is 11.6. The van der Waals surface area contributed by atoms with Gasteiger partial charge in [-0.25, -0.2) is 0 Å². The Morgan fingerprint density at radius 3 is 2.71 bits per heavy atom. The fourth-order valence-corrected chi connectivity index (χ4v) is 4.50. The molecule has 0 saturated carbocycles. The largest absolute Gasteiger partial charge is 0.493 e. The number of likely N-dealkylation sites (tertiary alicyclic amines) is 1. The van der Waals surface area contributed by atoms with Crippen LogP contribution in [0.25, 0.3) is 22.3 Å². The zero-order valence-electron chi connectivity index (χ0n) is 18.7. The first kappa shape index (κ1) is 21.6. The first-order chi connectivity index (χ1) is 15.1. The molecule has 1 aliphatic heterocycles. The average molecular weight is 420 g/mol. The predicted molar refractivity (Wildman–Crippen MR) is 127 cm³/mol. The minimum Gasteiger partial charge on any atom is -0.493 e. The Labute approximate surface area is 184 Å². The normalized spacial score (nSPS) is 17.2. The highest BCUT2D eigenvalue weighted by Gasteiger charge is 2.17. The minimum absolute atomic E-state index is 0.0262.